The number of amidine groups is 1. The lowest BCUT2D eigenvalue weighted by Gasteiger charge is -2.38. The molecule has 0 saturated carbocycles. The van der Waals surface area contributed by atoms with Gasteiger partial charge in [0.05, 0.1) is 24.2 Å². The smallest absolute Gasteiger partial charge is 0.224 e. The van der Waals surface area contributed by atoms with Gasteiger partial charge in [-0.05, 0) is 31.1 Å². The molecule has 2 aliphatic rings. The molecule has 0 aromatic heterocycles. The molecule has 4 atom stereocenters. The molecule has 4 unspecified atom stereocenters. The fourth-order valence-corrected chi connectivity index (χ4v) is 7.61. The standard InChI is InChI=1S/C40H82N12O2.C2H6/c1-2-3-4-8-11-34-14-15-35(12-9-6-5-7-10-13-36-49-31-33-52(36)32-30-46-21-18-43)38(40(54)51-29-27-48-25-23-45-20-17-42)37(34)39(53)50-28-26-47-24-22-44-19-16-41;1-2/h14-15,34-35,37-38,44-48H,2-13,16-33,41-43H2,1H3,(H,50,53)(H,51,54);1-2H3. The van der Waals surface area contributed by atoms with Gasteiger partial charge in [-0.25, -0.2) is 0 Å². The third-order valence-corrected chi connectivity index (χ3v) is 10.6. The van der Waals surface area contributed by atoms with Crippen molar-refractivity contribution in [3.63, 3.8) is 0 Å². The fraction of sp³-hybridized carbons (Fsp3) is 0.881. The van der Waals surface area contributed by atoms with E-state index in [9.17, 15) is 9.59 Å². The van der Waals surface area contributed by atoms with Gasteiger partial charge in [-0.1, -0.05) is 84.3 Å². The molecule has 0 aromatic carbocycles. The van der Waals surface area contributed by atoms with Crippen LogP contribution in [0.2, 0.25) is 0 Å². The molecule has 14 heteroatoms. The summed E-state index contributed by atoms with van der Waals surface area (Å²) in [5.41, 5.74) is 16.7. The Morgan fingerprint density at radius 1 is 0.607 bits per heavy atom. The molecule has 0 radical (unpaired) electrons. The van der Waals surface area contributed by atoms with E-state index in [4.69, 9.17) is 22.2 Å². The van der Waals surface area contributed by atoms with E-state index in [1.807, 2.05) is 13.8 Å². The van der Waals surface area contributed by atoms with Crippen LogP contribution in [0, 0.1) is 23.7 Å². The Labute approximate surface area is 342 Å². The van der Waals surface area contributed by atoms with Crippen LogP contribution < -0.4 is 54.4 Å². The van der Waals surface area contributed by atoms with E-state index < -0.39 is 0 Å². The van der Waals surface area contributed by atoms with Crippen molar-refractivity contribution in [3.8, 4) is 0 Å². The van der Waals surface area contributed by atoms with E-state index in [-0.39, 0.29) is 35.5 Å². The highest BCUT2D eigenvalue weighted by atomic mass is 16.2. The Hall–Kier alpha value is -2.17. The molecule has 2 rings (SSSR count). The normalized spacial score (nSPS) is 19.1. The summed E-state index contributed by atoms with van der Waals surface area (Å²) < 4.78 is 0. The first-order chi connectivity index (χ1) is 27.6. The summed E-state index contributed by atoms with van der Waals surface area (Å²) in [6.45, 7) is 20.2. The zero-order valence-electron chi connectivity index (χ0n) is 36.1. The van der Waals surface area contributed by atoms with Crippen LogP contribution in [-0.4, -0.2) is 140 Å². The molecule has 2 amide bonds. The maximum Gasteiger partial charge on any atom is 0.224 e. The van der Waals surface area contributed by atoms with Crippen molar-refractivity contribution < 1.29 is 9.59 Å². The number of nitrogens with zero attached hydrogens (tertiary/aromatic N) is 2. The number of nitrogens with two attached hydrogens (primary N) is 3. The van der Waals surface area contributed by atoms with E-state index in [0.29, 0.717) is 45.8 Å². The molecule has 13 N–H and O–H groups in total. The molecule has 328 valence electrons. The molecule has 0 bridgehead atoms. The first-order valence-corrected chi connectivity index (χ1v) is 22.7. The lowest BCUT2D eigenvalue weighted by atomic mass is 9.67. The van der Waals surface area contributed by atoms with Gasteiger partial charge in [0.1, 0.15) is 0 Å². The molecular weight excluding hydrogens is 705 g/mol. The van der Waals surface area contributed by atoms with Crippen LogP contribution in [0.25, 0.3) is 0 Å². The Morgan fingerprint density at radius 2 is 1.04 bits per heavy atom. The Kier molecular flexibility index (Phi) is 34.4. The van der Waals surface area contributed by atoms with Crippen LogP contribution in [0.4, 0.5) is 0 Å². The predicted octanol–water partition coefficient (Wildman–Crippen LogP) is 1.52. The molecule has 0 saturated heterocycles. The van der Waals surface area contributed by atoms with Gasteiger partial charge in [-0.3, -0.25) is 14.6 Å². The lowest BCUT2D eigenvalue weighted by molar-refractivity contribution is -0.138. The van der Waals surface area contributed by atoms with Crippen LogP contribution in [0.15, 0.2) is 17.1 Å². The van der Waals surface area contributed by atoms with Crippen molar-refractivity contribution in [3.05, 3.63) is 12.2 Å². The van der Waals surface area contributed by atoms with Gasteiger partial charge in [0.15, 0.2) is 0 Å². The zero-order valence-corrected chi connectivity index (χ0v) is 36.1. The third kappa shape index (κ3) is 23.9. The summed E-state index contributed by atoms with van der Waals surface area (Å²) in [6, 6.07) is 0. The topological polar surface area (TPSA) is 212 Å². The first-order valence-electron chi connectivity index (χ1n) is 22.7. The Balaban J connectivity index is 0.00000771. The summed E-state index contributed by atoms with van der Waals surface area (Å²) in [4.78, 5) is 35.4. The fourth-order valence-electron chi connectivity index (χ4n) is 7.61. The van der Waals surface area contributed by atoms with Gasteiger partial charge in [0.2, 0.25) is 11.8 Å². The van der Waals surface area contributed by atoms with Gasteiger partial charge >= 0.3 is 0 Å². The number of hydrogen-bond donors (Lipinski definition) is 10. The summed E-state index contributed by atoms with van der Waals surface area (Å²) in [5.74, 6) is 0.628. The molecule has 1 aliphatic carbocycles. The SMILES string of the molecule is CC.CCCCCCC1C=CC(CCCCCCCC2=NCCN2CCNCCN)C(C(=O)NCCNCCNCCN)C1C(=O)NCCNCCNCCN. The van der Waals surface area contributed by atoms with Crippen LogP contribution in [0.1, 0.15) is 97.8 Å². The van der Waals surface area contributed by atoms with Gasteiger partial charge in [-0.2, -0.15) is 0 Å². The second-order valence-electron chi connectivity index (χ2n) is 14.9. The molecule has 0 aromatic rings. The highest BCUT2D eigenvalue weighted by Crippen LogP contribution is 2.40. The number of aliphatic imine (C=N–C) groups is 1. The number of unbranched alkanes of at least 4 members (excludes halogenated alkanes) is 7. The minimum absolute atomic E-state index is 0.00957. The van der Waals surface area contributed by atoms with Crippen molar-refractivity contribution in [2.75, 3.05) is 118 Å². The zero-order chi connectivity index (χ0) is 40.9. The van der Waals surface area contributed by atoms with Crippen LogP contribution in [0.3, 0.4) is 0 Å². The van der Waals surface area contributed by atoms with Crippen LogP contribution in [0.5, 0.6) is 0 Å². The third-order valence-electron chi connectivity index (χ3n) is 10.6. The Bertz CT molecular complexity index is 1000. The Morgan fingerprint density at radius 3 is 1.54 bits per heavy atom. The van der Waals surface area contributed by atoms with Crippen molar-refractivity contribution >= 4 is 17.6 Å². The maximum atomic E-state index is 14.1. The van der Waals surface area contributed by atoms with E-state index in [0.717, 1.165) is 123 Å². The average Bonchev–Trinajstić information content (AvgIpc) is 3.67. The summed E-state index contributed by atoms with van der Waals surface area (Å²) in [6.07, 6.45) is 17.7. The average molecular weight is 793 g/mol. The number of amides is 2. The predicted molar refractivity (Wildman–Crippen MR) is 237 cm³/mol. The van der Waals surface area contributed by atoms with E-state index >= 15 is 0 Å². The maximum absolute atomic E-state index is 14.1. The van der Waals surface area contributed by atoms with Gasteiger partial charge in [-0.15, -0.1) is 0 Å². The minimum atomic E-state index is -0.378. The second-order valence-corrected chi connectivity index (χ2v) is 14.9. The quantitative estimate of drug-likeness (QED) is 0.0325. The van der Waals surface area contributed by atoms with E-state index in [1.54, 1.807) is 0 Å². The molecule has 0 spiro atoms. The van der Waals surface area contributed by atoms with Gasteiger partial charge < -0.3 is 59.3 Å². The monoisotopic (exact) mass is 793 g/mol. The first kappa shape index (κ1) is 51.8. The highest BCUT2D eigenvalue weighted by molar-refractivity contribution is 5.89. The summed E-state index contributed by atoms with van der Waals surface area (Å²) in [5, 5.41) is 23.2. The number of nitrogens with one attached hydrogen (secondary N) is 7. The largest absolute Gasteiger partial charge is 0.357 e. The minimum Gasteiger partial charge on any atom is -0.357 e. The second kappa shape index (κ2) is 37.1. The van der Waals surface area contributed by atoms with E-state index in [2.05, 4.69) is 61.2 Å². The van der Waals surface area contributed by atoms with Gasteiger partial charge in [0.25, 0.3) is 0 Å². The number of rotatable bonds is 36. The van der Waals surface area contributed by atoms with Crippen LogP contribution >= 0.6 is 0 Å². The number of carbonyl (C=O) groups excluding carboxylic acids is 2. The molecule has 1 heterocycles. The number of hydrogen-bond acceptors (Lipinski definition) is 12. The van der Waals surface area contributed by atoms with Crippen LogP contribution in [-0.2, 0) is 9.59 Å². The molecular formula is C42H88N12O2. The van der Waals surface area contributed by atoms with Gasteiger partial charge in [0, 0.05) is 118 Å². The van der Waals surface area contributed by atoms with E-state index in [1.165, 1.54) is 31.5 Å². The lowest BCUT2D eigenvalue weighted by Crippen LogP contribution is -2.51. The van der Waals surface area contributed by atoms with Crippen molar-refractivity contribution in [1.82, 2.24) is 42.1 Å². The molecule has 56 heavy (non-hydrogen) atoms. The number of allylic oxidation sites excluding steroid dienone is 2. The summed E-state index contributed by atoms with van der Waals surface area (Å²) in [7, 11) is 0. The molecule has 1 aliphatic heterocycles. The summed E-state index contributed by atoms with van der Waals surface area (Å²) >= 11 is 0. The molecule has 0 fully saturated rings. The molecule has 14 nitrogen and oxygen atoms in total. The van der Waals surface area contributed by atoms with Crippen molar-refractivity contribution in [2.24, 2.45) is 45.9 Å². The highest BCUT2D eigenvalue weighted by Gasteiger charge is 2.44. The van der Waals surface area contributed by atoms with Crippen molar-refractivity contribution in [1.29, 1.82) is 0 Å². The number of carbonyl (C=O) groups is 2. The van der Waals surface area contributed by atoms with Crippen molar-refractivity contribution in [2.45, 2.75) is 97.8 Å².